The molecule has 5 heteroatoms. The van der Waals surface area contributed by atoms with Gasteiger partial charge in [0.2, 0.25) is 0 Å². The average molecular weight is 571 g/mol. The highest BCUT2D eigenvalue weighted by Crippen LogP contribution is 2.31. The van der Waals surface area contributed by atoms with Crippen molar-refractivity contribution >= 4 is 47.4 Å². The van der Waals surface area contributed by atoms with E-state index in [4.69, 9.17) is 9.47 Å². The number of hydrogen-bond donors (Lipinski definition) is 0. The third kappa shape index (κ3) is 9.20. The monoisotopic (exact) mass is 570 g/mol. The van der Waals surface area contributed by atoms with Gasteiger partial charge < -0.3 is 9.47 Å². The van der Waals surface area contributed by atoms with E-state index < -0.39 is 0 Å². The van der Waals surface area contributed by atoms with Crippen LogP contribution in [0.15, 0.2) is 130 Å². The van der Waals surface area contributed by atoms with Crippen molar-refractivity contribution in [1.82, 2.24) is 0 Å². The van der Waals surface area contributed by atoms with E-state index in [-0.39, 0.29) is 6.29 Å². The minimum absolute atomic E-state index is 0.350. The highest BCUT2D eigenvalue weighted by molar-refractivity contribution is 7.99. The van der Waals surface area contributed by atoms with E-state index in [2.05, 4.69) is 121 Å². The SMILES string of the molecule is COC(OC)c1ccccc1SC/C=C/c1ccccc1SC/C=C/c1ccccc1SCc1ccccc1. The van der Waals surface area contributed by atoms with Gasteiger partial charge in [0.15, 0.2) is 6.29 Å². The smallest absolute Gasteiger partial charge is 0.184 e. The number of rotatable bonds is 14. The Kier molecular flexibility index (Phi) is 12.4. The Morgan fingerprint density at radius 3 is 1.67 bits per heavy atom. The van der Waals surface area contributed by atoms with E-state index in [1.165, 1.54) is 31.4 Å². The standard InChI is InChI=1S/C34H34O2S3/c1-35-34(36-2)30-20-8-11-23-33(30)38-25-13-18-28-16-6-9-21-31(28)37-24-12-19-29-17-7-10-22-32(29)39-26-27-14-4-3-5-15-27/h3-23,34H,24-26H2,1-2H3/b18-13+,19-12+. The van der Waals surface area contributed by atoms with Gasteiger partial charge in [0.1, 0.15) is 0 Å². The van der Waals surface area contributed by atoms with Crippen molar-refractivity contribution in [2.24, 2.45) is 0 Å². The predicted octanol–water partition coefficient (Wildman–Crippen LogP) is 9.88. The zero-order chi connectivity index (χ0) is 27.1. The van der Waals surface area contributed by atoms with E-state index in [1.807, 2.05) is 29.6 Å². The molecule has 0 aliphatic rings. The molecule has 0 aliphatic heterocycles. The summed E-state index contributed by atoms with van der Waals surface area (Å²) in [5.74, 6) is 2.76. The molecule has 0 atom stereocenters. The topological polar surface area (TPSA) is 18.5 Å². The lowest BCUT2D eigenvalue weighted by Gasteiger charge is -2.16. The van der Waals surface area contributed by atoms with Crippen molar-refractivity contribution in [3.63, 3.8) is 0 Å². The van der Waals surface area contributed by atoms with Gasteiger partial charge in [0, 0.05) is 51.7 Å². The summed E-state index contributed by atoms with van der Waals surface area (Å²) in [6, 6.07) is 36.1. The van der Waals surface area contributed by atoms with E-state index in [9.17, 15) is 0 Å². The van der Waals surface area contributed by atoms with E-state index in [1.54, 1.807) is 26.0 Å². The molecule has 0 saturated carbocycles. The Labute approximate surface area is 245 Å². The summed E-state index contributed by atoms with van der Waals surface area (Å²) in [4.78, 5) is 3.77. The van der Waals surface area contributed by atoms with Crippen molar-refractivity contribution in [2.45, 2.75) is 26.7 Å². The van der Waals surface area contributed by atoms with Crippen LogP contribution in [0.5, 0.6) is 0 Å². The fourth-order valence-corrected chi connectivity index (χ4v) is 6.74. The molecule has 200 valence electrons. The molecule has 0 aliphatic carbocycles. The van der Waals surface area contributed by atoms with Crippen LogP contribution < -0.4 is 0 Å². The minimum atomic E-state index is -0.350. The third-order valence-corrected chi connectivity index (χ3v) is 9.19. The van der Waals surface area contributed by atoms with Gasteiger partial charge in [-0.3, -0.25) is 0 Å². The van der Waals surface area contributed by atoms with Gasteiger partial charge in [0.25, 0.3) is 0 Å². The Morgan fingerprint density at radius 1 is 0.564 bits per heavy atom. The molecule has 0 fully saturated rings. The zero-order valence-electron chi connectivity index (χ0n) is 22.4. The van der Waals surface area contributed by atoms with E-state index in [0.717, 1.165) is 22.8 Å². The largest absolute Gasteiger partial charge is 0.352 e. The Bertz CT molecular complexity index is 1350. The van der Waals surface area contributed by atoms with Crippen LogP contribution in [0.1, 0.15) is 28.5 Å². The summed E-state index contributed by atoms with van der Waals surface area (Å²) in [5, 5.41) is 0. The molecule has 0 unspecified atom stereocenters. The van der Waals surface area contributed by atoms with E-state index in [0.29, 0.717) is 0 Å². The van der Waals surface area contributed by atoms with Gasteiger partial charge in [0.05, 0.1) is 0 Å². The number of thioether (sulfide) groups is 3. The summed E-state index contributed by atoms with van der Waals surface area (Å²) in [5.41, 5.74) is 4.92. The zero-order valence-corrected chi connectivity index (χ0v) is 24.8. The molecular weight excluding hydrogens is 537 g/mol. The molecule has 4 aromatic rings. The van der Waals surface area contributed by atoms with Gasteiger partial charge >= 0.3 is 0 Å². The molecule has 0 aromatic heterocycles. The van der Waals surface area contributed by atoms with Crippen LogP contribution in [0.25, 0.3) is 12.2 Å². The van der Waals surface area contributed by atoms with Crippen molar-refractivity contribution in [1.29, 1.82) is 0 Å². The van der Waals surface area contributed by atoms with Crippen molar-refractivity contribution < 1.29 is 9.47 Å². The lowest BCUT2D eigenvalue weighted by Crippen LogP contribution is -2.04. The maximum Gasteiger partial charge on any atom is 0.184 e. The first kappa shape index (κ1) is 29.3. The van der Waals surface area contributed by atoms with Gasteiger partial charge in [-0.15, -0.1) is 35.3 Å². The molecule has 0 N–H and O–H groups in total. The van der Waals surface area contributed by atoms with Crippen LogP contribution >= 0.6 is 35.3 Å². The lowest BCUT2D eigenvalue weighted by atomic mass is 10.2. The predicted molar refractivity (Wildman–Crippen MR) is 172 cm³/mol. The van der Waals surface area contributed by atoms with E-state index >= 15 is 0 Å². The van der Waals surface area contributed by atoms with Crippen molar-refractivity contribution in [3.8, 4) is 0 Å². The van der Waals surface area contributed by atoms with Gasteiger partial charge in [-0.1, -0.05) is 109 Å². The first-order valence-corrected chi connectivity index (χ1v) is 15.8. The molecule has 0 radical (unpaired) electrons. The third-order valence-electron chi connectivity index (χ3n) is 5.94. The van der Waals surface area contributed by atoms with Crippen LogP contribution in [-0.2, 0) is 15.2 Å². The molecule has 0 amide bonds. The lowest BCUT2D eigenvalue weighted by molar-refractivity contribution is -0.107. The second-order valence-electron chi connectivity index (χ2n) is 8.62. The highest BCUT2D eigenvalue weighted by Gasteiger charge is 2.13. The van der Waals surface area contributed by atoms with Gasteiger partial charge in [-0.05, 0) is 34.9 Å². The second kappa shape index (κ2) is 16.4. The van der Waals surface area contributed by atoms with Crippen LogP contribution in [0.3, 0.4) is 0 Å². The summed E-state index contributed by atoms with van der Waals surface area (Å²) < 4.78 is 10.9. The van der Waals surface area contributed by atoms with Gasteiger partial charge in [-0.25, -0.2) is 0 Å². The van der Waals surface area contributed by atoms with Crippen LogP contribution in [0.4, 0.5) is 0 Å². The Morgan fingerprint density at radius 2 is 1.05 bits per heavy atom. The summed E-state index contributed by atoms with van der Waals surface area (Å²) in [7, 11) is 3.34. The normalized spacial score (nSPS) is 11.7. The number of methoxy groups -OCH3 is 2. The molecule has 39 heavy (non-hydrogen) atoms. The highest BCUT2D eigenvalue weighted by atomic mass is 32.2. The quantitative estimate of drug-likeness (QED) is 0.111. The number of ether oxygens (including phenoxy) is 2. The molecule has 0 spiro atoms. The molecular formula is C34H34O2S3. The minimum Gasteiger partial charge on any atom is -0.352 e. The van der Waals surface area contributed by atoms with Crippen molar-refractivity contribution in [3.05, 3.63) is 138 Å². The van der Waals surface area contributed by atoms with Crippen LogP contribution in [0.2, 0.25) is 0 Å². The Balaban J connectivity index is 1.32. The molecule has 4 rings (SSSR count). The Hall–Kier alpha value is -2.67. The molecule has 2 nitrogen and oxygen atoms in total. The van der Waals surface area contributed by atoms with Crippen molar-refractivity contribution in [2.75, 3.05) is 25.7 Å². The molecule has 0 saturated heterocycles. The fraction of sp³-hybridized carbons (Fsp3) is 0.176. The maximum absolute atomic E-state index is 5.47. The summed E-state index contributed by atoms with van der Waals surface area (Å²) >= 11 is 5.54. The second-order valence-corrected chi connectivity index (χ2v) is 11.8. The van der Waals surface area contributed by atoms with Gasteiger partial charge in [-0.2, -0.15) is 0 Å². The first-order valence-electron chi connectivity index (χ1n) is 12.9. The molecule has 0 bridgehead atoms. The average Bonchev–Trinajstić information content (AvgIpc) is 2.99. The maximum atomic E-state index is 5.47. The summed E-state index contributed by atoms with van der Waals surface area (Å²) in [6.45, 7) is 0. The first-order chi connectivity index (χ1) is 19.3. The van der Waals surface area contributed by atoms with Crippen LogP contribution in [0, 0.1) is 0 Å². The molecule has 4 aromatic carbocycles. The number of hydrogen-bond acceptors (Lipinski definition) is 5. The number of benzene rings is 4. The van der Waals surface area contributed by atoms with Crippen LogP contribution in [-0.4, -0.2) is 25.7 Å². The molecule has 0 heterocycles. The fourth-order valence-electron chi connectivity index (χ4n) is 4.02. The summed E-state index contributed by atoms with van der Waals surface area (Å²) in [6.07, 6.45) is 8.62.